The van der Waals surface area contributed by atoms with Gasteiger partial charge in [0, 0.05) is 12.8 Å². The predicted molar refractivity (Wildman–Crippen MR) is 360 cm³/mol. The summed E-state index contributed by atoms with van der Waals surface area (Å²) in [6, 6.07) is 0. The van der Waals surface area contributed by atoms with E-state index in [-0.39, 0.29) is 32.0 Å². The molecule has 0 amide bonds. The number of carbonyl (C=O) groups excluding carboxylic acids is 2. The first-order chi connectivity index (χ1) is 41.0. The monoisotopic (exact) mass is 1200 g/mol. The van der Waals surface area contributed by atoms with Crippen LogP contribution in [0.1, 0.15) is 335 Å². The minimum atomic E-state index is -4.64. The summed E-state index contributed by atoms with van der Waals surface area (Å²) in [5, 5.41) is 0. The molecule has 0 saturated carbocycles. The van der Waals surface area contributed by atoms with Gasteiger partial charge in [0.15, 0.2) is 6.10 Å². The fraction of sp³-hybridized carbons (Fsp3) is 0.811. The zero-order chi connectivity index (χ0) is 61.2. The highest BCUT2D eigenvalue weighted by atomic mass is 31.2. The molecule has 0 aromatic rings. The van der Waals surface area contributed by atoms with Crippen LogP contribution in [0.5, 0.6) is 0 Å². The number of hydrogen-bond acceptors (Lipinski definition) is 8. The molecule has 0 aliphatic carbocycles. The van der Waals surface area contributed by atoms with Crippen molar-refractivity contribution in [3.8, 4) is 0 Å². The van der Waals surface area contributed by atoms with Crippen molar-refractivity contribution in [2.75, 3.05) is 47.5 Å². The Bertz CT molecular complexity index is 1650. The van der Waals surface area contributed by atoms with Gasteiger partial charge in [-0.1, -0.05) is 311 Å². The third-order valence-electron chi connectivity index (χ3n) is 15.7. The Kier molecular flexibility index (Phi) is 62.9. The van der Waals surface area contributed by atoms with Crippen LogP contribution in [0, 0.1) is 0 Å². The van der Waals surface area contributed by atoms with Crippen LogP contribution in [0.4, 0.5) is 0 Å². The molecule has 0 aliphatic heterocycles. The quantitative estimate of drug-likeness (QED) is 0.0195. The summed E-state index contributed by atoms with van der Waals surface area (Å²) in [5.74, 6) is -0.820. The molecule has 2 unspecified atom stereocenters. The summed E-state index contributed by atoms with van der Waals surface area (Å²) in [5.41, 5.74) is 0. The average molecular weight is 1200 g/mol. The third-order valence-corrected chi connectivity index (χ3v) is 16.7. The van der Waals surface area contributed by atoms with Gasteiger partial charge in [-0.15, -0.1) is 0 Å². The van der Waals surface area contributed by atoms with Crippen molar-refractivity contribution in [2.24, 2.45) is 0 Å². The molecule has 84 heavy (non-hydrogen) atoms. The molecule has 0 aliphatic rings. The van der Waals surface area contributed by atoms with Crippen molar-refractivity contribution >= 4 is 19.8 Å². The van der Waals surface area contributed by atoms with Gasteiger partial charge in [0.2, 0.25) is 0 Å². The maximum absolute atomic E-state index is 12.9. The molecular weight excluding hydrogens is 1060 g/mol. The van der Waals surface area contributed by atoms with Crippen LogP contribution in [0.25, 0.3) is 0 Å². The van der Waals surface area contributed by atoms with Gasteiger partial charge in [-0.25, -0.2) is 0 Å². The number of esters is 2. The van der Waals surface area contributed by atoms with E-state index in [0.717, 1.165) is 64.2 Å². The maximum atomic E-state index is 12.9. The number of quaternary nitrogens is 1. The van der Waals surface area contributed by atoms with Gasteiger partial charge in [0.05, 0.1) is 27.7 Å². The molecule has 490 valence electrons. The number of nitrogens with zero attached hydrogens (tertiary/aromatic N) is 1. The Balaban J connectivity index is 3.96. The number of phosphoric ester groups is 1. The molecule has 9 nitrogen and oxygen atoms in total. The van der Waals surface area contributed by atoms with Crippen molar-refractivity contribution in [1.29, 1.82) is 0 Å². The Morgan fingerprint density at radius 2 is 0.679 bits per heavy atom. The molecule has 10 heteroatoms. The summed E-state index contributed by atoms with van der Waals surface area (Å²) < 4.78 is 34.3. The molecule has 0 N–H and O–H groups in total. The van der Waals surface area contributed by atoms with E-state index in [0.29, 0.717) is 17.4 Å². The van der Waals surface area contributed by atoms with Crippen molar-refractivity contribution in [1.82, 2.24) is 0 Å². The first kappa shape index (κ1) is 81.5. The lowest BCUT2D eigenvalue weighted by Gasteiger charge is -2.28. The second-order valence-corrected chi connectivity index (χ2v) is 26.6. The normalized spacial score (nSPS) is 13.5. The number of unbranched alkanes of at least 4 members (excludes halogenated alkanes) is 40. The molecule has 0 aromatic heterocycles. The van der Waals surface area contributed by atoms with Gasteiger partial charge in [-0.3, -0.25) is 14.2 Å². The summed E-state index contributed by atoms with van der Waals surface area (Å²) in [4.78, 5) is 38.1. The van der Waals surface area contributed by atoms with Crippen molar-refractivity contribution in [3.05, 3.63) is 72.9 Å². The SMILES string of the molecule is CC/C=C\C/C=C\C/C=C\C/C=C\CCCCCCCCCCCCCCCCCCCCCCCCCCC(=O)OC(COC(=O)CCCCCCCCCCCCC/C=C\C/C=C\CCCCCCC)COP(=O)([O-])OCC[N+](C)(C)C. The van der Waals surface area contributed by atoms with Crippen molar-refractivity contribution in [3.63, 3.8) is 0 Å². The van der Waals surface area contributed by atoms with Crippen LogP contribution < -0.4 is 4.89 Å². The lowest BCUT2D eigenvalue weighted by Crippen LogP contribution is -2.37. The van der Waals surface area contributed by atoms with E-state index >= 15 is 0 Å². The topological polar surface area (TPSA) is 111 Å². The molecular formula is C74H136NO8P. The minimum absolute atomic E-state index is 0.0305. The first-order valence-electron chi connectivity index (χ1n) is 35.6. The zero-order valence-corrected chi connectivity index (χ0v) is 56.7. The van der Waals surface area contributed by atoms with E-state index in [4.69, 9.17) is 18.5 Å². The van der Waals surface area contributed by atoms with Gasteiger partial charge >= 0.3 is 11.9 Å². The highest BCUT2D eigenvalue weighted by Gasteiger charge is 2.22. The minimum Gasteiger partial charge on any atom is -0.756 e. The highest BCUT2D eigenvalue weighted by molar-refractivity contribution is 7.45. The largest absolute Gasteiger partial charge is 0.756 e. The van der Waals surface area contributed by atoms with E-state index in [1.807, 2.05) is 21.1 Å². The van der Waals surface area contributed by atoms with Gasteiger partial charge in [-0.05, 0) is 83.5 Å². The van der Waals surface area contributed by atoms with E-state index in [1.165, 1.54) is 238 Å². The number of hydrogen-bond donors (Lipinski definition) is 0. The first-order valence-corrected chi connectivity index (χ1v) is 37.1. The molecule has 0 bridgehead atoms. The molecule has 2 atom stereocenters. The zero-order valence-electron chi connectivity index (χ0n) is 55.8. The Labute approximate surface area is 520 Å². The van der Waals surface area contributed by atoms with Crippen LogP contribution in [0.2, 0.25) is 0 Å². The lowest BCUT2D eigenvalue weighted by molar-refractivity contribution is -0.870. The molecule has 0 rings (SSSR count). The summed E-state index contributed by atoms with van der Waals surface area (Å²) >= 11 is 0. The van der Waals surface area contributed by atoms with Crippen molar-refractivity contribution in [2.45, 2.75) is 341 Å². The fourth-order valence-electron chi connectivity index (χ4n) is 10.3. The average Bonchev–Trinajstić information content (AvgIpc) is 3.61. The maximum Gasteiger partial charge on any atom is 0.306 e. The van der Waals surface area contributed by atoms with Crippen LogP contribution in [-0.2, 0) is 32.7 Å². The van der Waals surface area contributed by atoms with E-state index in [2.05, 4.69) is 86.8 Å². The van der Waals surface area contributed by atoms with Crippen LogP contribution in [0.15, 0.2) is 72.9 Å². The highest BCUT2D eigenvalue weighted by Crippen LogP contribution is 2.38. The van der Waals surface area contributed by atoms with Gasteiger partial charge < -0.3 is 27.9 Å². The fourth-order valence-corrected chi connectivity index (χ4v) is 11.0. The molecule has 0 heterocycles. The number of likely N-dealkylation sites (N-methyl/N-ethyl adjacent to an activating group) is 1. The van der Waals surface area contributed by atoms with Crippen LogP contribution in [0.3, 0.4) is 0 Å². The molecule has 0 spiro atoms. The van der Waals surface area contributed by atoms with Gasteiger partial charge in [-0.2, -0.15) is 0 Å². The molecule has 0 radical (unpaired) electrons. The Morgan fingerprint density at radius 3 is 1.01 bits per heavy atom. The Morgan fingerprint density at radius 1 is 0.381 bits per heavy atom. The second-order valence-electron chi connectivity index (χ2n) is 25.2. The number of rotatable bonds is 66. The summed E-state index contributed by atoms with van der Waals surface area (Å²) in [6.45, 7) is 4.16. The molecule has 0 aromatic carbocycles. The molecule has 0 fully saturated rings. The number of phosphoric acid groups is 1. The van der Waals surface area contributed by atoms with E-state index in [9.17, 15) is 19.0 Å². The van der Waals surface area contributed by atoms with E-state index < -0.39 is 26.5 Å². The van der Waals surface area contributed by atoms with Crippen LogP contribution >= 0.6 is 7.82 Å². The summed E-state index contributed by atoms with van der Waals surface area (Å²) in [6.07, 6.45) is 87.1. The number of carbonyl (C=O) groups is 2. The Hall–Kier alpha value is -2.55. The van der Waals surface area contributed by atoms with Crippen LogP contribution in [-0.4, -0.2) is 70.0 Å². The smallest absolute Gasteiger partial charge is 0.306 e. The third kappa shape index (κ3) is 68.6. The summed E-state index contributed by atoms with van der Waals surface area (Å²) in [7, 11) is 1.18. The van der Waals surface area contributed by atoms with Crippen molar-refractivity contribution < 1.29 is 42.1 Å². The number of allylic oxidation sites excluding steroid dienone is 12. The van der Waals surface area contributed by atoms with E-state index in [1.54, 1.807) is 0 Å². The van der Waals surface area contributed by atoms with Gasteiger partial charge in [0.1, 0.15) is 19.8 Å². The number of ether oxygens (including phenoxy) is 2. The standard InChI is InChI=1S/C74H136NO8P/c1-6-8-10-12-14-16-18-20-22-24-26-28-30-31-32-33-34-35-36-37-38-39-40-41-42-43-45-47-49-51-53-55-57-59-61-63-65-67-74(77)83-72(71-82-84(78,79)81-69-68-75(3,4)5)70-80-73(76)66-64-62-60-58-56-54-52-50-48-46-44-29-27-25-23-21-19-17-15-13-11-9-7-2/h8,10,14,16,19-22,25-28,72H,6-7,9,11-13,15,17-18,23-24,29-71H2,1-5H3/b10-8-,16-14-,21-19-,22-20-,27-25-,28-26-. The lowest BCUT2D eigenvalue weighted by atomic mass is 10.0. The second kappa shape index (κ2) is 64.9. The molecule has 0 saturated heterocycles. The van der Waals surface area contributed by atoms with Gasteiger partial charge in [0.25, 0.3) is 7.82 Å². The predicted octanol–water partition coefficient (Wildman–Crippen LogP) is 22.5.